The predicted octanol–water partition coefficient (Wildman–Crippen LogP) is 7.81. The lowest BCUT2D eigenvalue weighted by Crippen LogP contribution is -2.25. The number of hydrogen-bond donors (Lipinski definition) is 0. The van der Waals surface area contributed by atoms with Crippen molar-refractivity contribution in [3.8, 4) is 5.75 Å². The van der Waals surface area contributed by atoms with Crippen molar-refractivity contribution >= 4 is 0 Å². The van der Waals surface area contributed by atoms with Crippen LogP contribution in [0.2, 0.25) is 0 Å². The van der Waals surface area contributed by atoms with Crippen LogP contribution in [0, 0.1) is 23.6 Å². The van der Waals surface area contributed by atoms with E-state index in [1.165, 1.54) is 37.8 Å². The van der Waals surface area contributed by atoms with E-state index >= 15 is 0 Å². The summed E-state index contributed by atoms with van der Waals surface area (Å²) in [6.45, 7) is -3.24. The van der Waals surface area contributed by atoms with Gasteiger partial charge >= 0.3 is 6.61 Å². The largest absolute Gasteiger partial charge is 0.432 e. The van der Waals surface area contributed by atoms with Crippen molar-refractivity contribution in [3.05, 3.63) is 41.7 Å². The van der Waals surface area contributed by atoms with E-state index in [-0.39, 0.29) is 12.4 Å². The van der Waals surface area contributed by atoms with Crippen molar-refractivity contribution in [2.45, 2.75) is 76.7 Å². The van der Waals surface area contributed by atoms with Gasteiger partial charge in [0.2, 0.25) is 0 Å². The van der Waals surface area contributed by atoms with Crippen LogP contribution in [0.1, 0.15) is 75.7 Å². The molecule has 0 aromatic heterocycles. The van der Waals surface area contributed by atoms with Gasteiger partial charge in [-0.3, -0.25) is 4.39 Å². The van der Waals surface area contributed by atoms with E-state index in [0.717, 1.165) is 49.5 Å². The zero-order chi connectivity index (χ0) is 20.6. The standard InChI is InChI=1S/C24H32F4O/c25-15-3-1-2-4-17-5-7-18(8-6-17)19-9-11-20(12-10-19)21-13-14-23(22(26)16-21)29-24(27)28/h2,4,13-14,16-20,24H,1,3,5-12,15H2/b4-2+. The summed E-state index contributed by atoms with van der Waals surface area (Å²) in [5.74, 6) is 1.39. The van der Waals surface area contributed by atoms with E-state index in [0.29, 0.717) is 18.3 Å². The summed E-state index contributed by atoms with van der Waals surface area (Å²) in [5.41, 5.74) is 0.893. The molecule has 0 bridgehead atoms. The molecule has 0 aliphatic heterocycles. The number of allylic oxidation sites excluding steroid dienone is 2. The second-order valence-corrected chi connectivity index (χ2v) is 8.61. The maximum atomic E-state index is 14.0. The molecule has 2 aliphatic carbocycles. The number of ether oxygens (including phenoxy) is 1. The fourth-order valence-corrected chi connectivity index (χ4v) is 5.18. The smallest absolute Gasteiger partial charge is 0.387 e. The summed E-state index contributed by atoms with van der Waals surface area (Å²) >= 11 is 0. The van der Waals surface area contributed by atoms with Crippen LogP contribution >= 0.6 is 0 Å². The third-order valence-electron chi connectivity index (χ3n) is 6.81. The molecule has 0 amide bonds. The van der Waals surface area contributed by atoms with E-state index in [1.807, 2.05) is 0 Å². The van der Waals surface area contributed by atoms with Crippen LogP contribution in [-0.4, -0.2) is 13.3 Å². The van der Waals surface area contributed by atoms with Gasteiger partial charge < -0.3 is 4.74 Å². The molecule has 162 valence electrons. The summed E-state index contributed by atoms with van der Waals surface area (Å²) in [6, 6.07) is 4.42. The van der Waals surface area contributed by atoms with Crippen LogP contribution in [0.3, 0.4) is 0 Å². The Morgan fingerprint density at radius 3 is 2.21 bits per heavy atom. The average molecular weight is 413 g/mol. The van der Waals surface area contributed by atoms with Gasteiger partial charge in [-0.05, 0) is 106 Å². The molecule has 1 aromatic carbocycles. The van der Waals surface area contributed by atoms with E-state index in [1.54, 1.807) is 6.07 Å². The van der Waals surface area contributed by atoms with Gasteiger partial charge in [0.05, 0.1) is 6.67 Å². The number of alkyl halides is 3. The predicted molar refractivity (Wildman–Crippen MR) is 108 cm³/mol. The lowest BCUT2D eigenvalue weighted by Gasteiger charge is -2.37. The van der Waals surface area contributed by atoms with Crippen molar-refractivity contribution in [3.63, 3.8) is 0 Å². The second kappa shape index (κ2) is 11.0. The Balaban J connectivity index is 1.44. The van der Waals surface area contributed by atoms with Gasteiger partial charge in [-0.25, -0.2) is 4.39 Å². The fraction of sp³-hybridized carbons (Fsp3) is 0.667. The maximum Gasteiger partial charge on any atom is 0.387 e. The number of benzene rings is 1. The Morgan fingerprint density at radius 2 is 1.62 bits per heavy atom. The first-order valence-electron chi connectivity index (χ1n) is 11.0. The van der Waals surface area contributed by atoms with Crippen LogP contribution in [-0.2, 0) is 0 Å². The van der Waals surface area contributed by atoms with Gasteiger partial charge in [0.25, 0.3) is 0 Å². The van der Waals surface area contributed by atoms with Gasteiger partial charge in [0, 0.05) is 0 Å². The van der Waals surface area contributed by atoms with Crippen molar-refractivity contribution in [1.82, 2.24) is 0 Å². The van der Waals surface area contributed by atoms with Gasteiger partial charge in [-0.15, -0.1) is 0 Å². The van der Waals surface area contributed by atoms with E-state index < -0.39 is 12.4 Å². The van der Waals surface area contributed by atoms with Crippen LogP contribution < -0.4 is 4.74 Å². The van der Waals surface area contributed by atoms with Crippen molar-refractivity contribution in [1.29, 1.82) is 0 Å². The molecular weight excluding hydrogens is 380 g/mol. The molecule has 29 heavy (non-hydrogen) atoms. The second-order valence-electron chi connectivity index (χ2n) is 8.61. The average Bonchev–Trinajstić information content (AvgIpc) is 2.73. The molecule has 2 aliphatic rings. The Morgan fingerprint density at radius 1 is 0.966 bits per heavy atom. The zero-order valence-corrected chi connectivity index (χ0v) is 17.0. The molecule has 2 saturated carbocycles. The molecule has 2 fully saturated rings. The minimum atomic E-state index is -3.01. The zero-order valence-electron chi connectivity index (χ0n) is 17.0. The topological polar surface area (TPSA) is 9.23 Å². The van der Waals surface area contributed by atoms with E-state index in [2.05, 4.69) is 16.9 Å². The van der Waals surface area contributed by atoms with Crippen LogP contribution in [0.15, 0.2) is 30.4 Å². The minimum Gasteiger partial charge on any atom is -0.432 e. The molecule has 1 nitrogen and oxygen atoms in total. The molecule has 0 saturated heterocycles. The monoisotopic (exact) mass is 412 g/mol. The van der Waals surface area contributed by atoms with Crippen molar-refractivity contribution in [2.24, 2.45) is 17.8 Å². The minimum absolute atomic E-state index is 0.236. The highest BCUT2D eigenvalue weighted by molar-refractivity contribution is 5.31. The Labute approximate surface area is 171 Å². The highest BCUT2D eigenvalue weighted by Crippen LogP contribution is 2.44. The molecule has 5 heteroatoms. The first-order chi connectivity index (χ1) is 14.1. The number of hydrogen-bond acceptors (Lipinski definition) is 1. The summed E-state index contributed by atoms with van der Waals surface area (Å²) < 4.78 is 54.9. The van der Waals surface area contributed by atoms with Gasteiger partial charge in [-0.1, -0.05) is 18.2 Å². The summed E-state index contributed by atoms with van der Waals surface area (Å²) in [6.07, 6.45) is 15.3. The molecule has 0 spiro atoms. The third-order valence-corrected chi connectivity index (χ3v) is 6.81. The van der Waals surface area contributed by atoms with E-state index in [4.69, 9.17) is 0 Å². The van der Waals surface area contributed by atoms with Crippen molar-refractivity contribution in [2.75, 3.05) is 6.67 Å². The van der Waals surface area contributed by atoms with Crippen molar-refractivity contribution < 1.29 is 22.3 Å². The lowest BCUT2D eigenvalue weighted by atomic mass is 9.68. The van der Waals surface area contributed by atoms with Gasteiger partial charge in [0.15, 0.2) is 11.6 Å². The molecule has 0 radical (unpaired) electrons. The molecule has 1 aromatic rings. The lowest BCUT2D eigenvalue weighted by molar-refractivity contribution is -0.0522. The fourth-order valence-electron chi connectivity index (χ4n) is 5.18. The summed E-state index contributed by atoms with van der Waals surface area (Å²) in [7, 11) is 0. The molecule has 0 atom stereocenters. The Kier molecular flexibility index (Phi) is 8.43. The molecule has 0 unspecified atom stereocenters. The highest BCUT2D eigenvalue weighted by Gasteiger charge is 2.31. The number of halogens is 4. The van der Waals surface area contributed by atoms with Crippen LogP contribution in [0.5, 0.6) is 5.75 Å². The third kappa shape index (κ3) is 6.48. The molecule has 3 rings (SSSR count). The van der Waals surface area contributed by atoms with Gasteiger partial charge in [0.1, 0.15) is 0 Å². The van der Waals surface area contributed by atoms with Crippen LogP contribution in [0.4, 0.5) is 17.6 Å². The molecule has 0 N–H and O–H groups in total. The summed E-state index contributed by atoms with van der Waals surface area (Å²) in [4.78, 5) is 0. The first kappa shape index (κ1) is 22.2. The number of unbranched alkanes of at least 4 members (excludes halogenated alkanes) is 1. The normalized spacial score (nSPS) is 28.2. The Bertz CT molecular complexity index is 644. The van der Waals surface area contributed by atoms with Crippen LogP contribution in [0.25, 0.3) is 0 Å². The highest BCUT2D eigenvalue weighted by atomic mass is 19.3. The summed E-state index contributed by atoms with van der Waals surface area (Å²) in [5, 5.41) is 0. The quantitative estimate of drug-likeness (QED) is 0.240. The number of rotatable bonds is 8. The molecule has 0 heterocycles. The Hall–Kier alpha value is -1.52. The van der Waals surface area contributed by atoms with E-state index in [9.17, 15) is 17.6 Å². The maximum absolute atomic E-state index is 14.0. The molecular formula is C24H32F4O. The SMILES string of the molecule is FCCC/C=C/C1CCC(C2CCC(c3ccc(OC(F)F)c(F)c3)CC2)CC1. The first-order valence-corrected chi connectivity index (χ1v) is 11.0. The van der Waals surface area contributed by atoms with Gasteiger partial charge in [-0.2, -0.15) is 8.78 Å².